The minimum absolute atomic E-state index is 0. The molecule has 2 aromatic rings. The molecule has 1 aromatic carbocycles. The number of ether oxygens (including phenoxy) is 1. The number of nitrogens with zero attached hydrogens (tertiary/aromatic N) is 2. The highest BCUT2D eigenvalue weighted by atomic mass is 16.5. The Hall–Kier alpha value is -2.54. The molecule has 7 nitrogen and oxygen atoms in total. The maximum Gasteiger partial charge on any atom is 0.209 e. The number of hydrogen-bond acceptors (Lipinski definition) is 3. The lowest BCUT2D eigenvalue weighted by Crippen LogP contribution is -2.27. The predicted octanol–water partition coefficient (Wildman–Crippen LogP) is 2.81. The van der Waals surface area contributed by atoms with Gasteiger partial charge in [0.1, 0.15) is 5.75 Å². The van der Waals surface area contributed by atoms with Gasteiger partial charge in [-0.25, -0.2) is 5.43 Å². The molecule has 1 heterocycles. The summed E-state index contributed by atoms with van der Waals surface area (Å²) in [6, 6.07) is 5.86. The molecule has 0 unspecified atom stereocenters. The smallest absolute Gasteiger partial charge is 0.209 e. The lowest BCUT2D eigenvalue weighted by molar-refractivity contribution is 0.415. The van der Waals surface area contributed by atoms with Gasteiger partial charge < -0.3 is 20.9 Å². The zero-order valence-corrected chi connectivity index (χ0v) is 15.6. The van der Waals surface area contributed by atoms with Crippen molar-refractivity contribution >= 4 is 23.1 Å². The Labute approximate surface area is 149 Å². The first-order valence-electron chi connectivity index (χ1n) is 8.48. The molecule has 0 amide bonds. The number of unbranched alkanes of at least 4 members (excludes halogenated alkanes) is 2. The van der Waals surface area contributed by atoms with E-state index in [2.05, 4.69) is 27.4 Å². The Morgan fingerprint density at radius 1 is 1.32 bits per heavy atom. The molecule has 0 fully saturated rings. The van der Waals surface area contributed by atoms with Gasteiger partial charge in [-0.15, -0.1) is 0 Å². The topological polar surface area (TPSA) is 119 Å². The van der Waals surface area contributed by atoms with Gasteiger partial charge in [-0.1, -0.05) is 33.6 Å². The van der Waals surface area contributed by atoms with E-state index in [0.29, 0.717) is 5.96 Å². The first kappa shape index (κ1) is 22.5. The molecule has 0 spiro atoms. The minimum atomic E-state index is 0. The number of hydrazone groups is 1. The van der Waals surface area contributed by atoms with Crippen LogP contribution >= 0.6 is 0 Å². The third-order valence-electron chi connectivity index (χ3n) is 3.35. The van der Waals surface area contributed by atoms with Crippen LogP contribution in [0.4, 0.5) is 0 Å². The van der Waals surface area contributed by atoms with Crippen molar-refractivity contribution in [2.24, 2.45) is 15.8 Å². The number of guanidine groups is 1. The summed E-state index contributed by atoms with van der Waals surface area (Å²) in [5.74, 6) is 1.15. The van der Waals surface area contributed by atoms with Gasteiger partial charge in [0.2, 0.25) is 5.96 Å². The van der Waals surface area contributed by atoms with Gasteiger partial charge in [0.15, 0.2) is 0 Å². The molecular weight excluding hydrogens is 318 g/mol. The van der Waals surface area contributed by atoms with E-state index < -0.39 is 0 Å². The quantitative estimate of drug-likeness (QED) is 0.308. The van der Waals surface area contributed by atoms with Gasteiger partial charge in [0.25, 0.3) is 0 Å². The number of aromatic nitrogens is 1. The van der Waals surface area contributed by atoms with Gasteiger partial charge in [-0.2, -0.15) is 5.10 Å². The van der Waals surface area contributed by atoms with E-state index in [9.17, 15) is 0 Å². The van der Waals surface area contributed by atoms with Gasteiger partial charge in [-0.05, 0) is 24.6 Å². The summed E-state index contributed by atoms with van der Waals surface area (Å²) in [4.78, 5) is 7.40. The lowest BCUT2D eigenvalue weighted by atomic mass is 10.2. The van der Waals surface area contributed by atoms with Crippen molar-refractivity contribution in [2.75, 3.05) is 13.7 Å². The molecule has 140 valence electrons. The molecule has 25 heavy (non-hydrogen) atoms. The molecule has 0 aliphatic carbocycles. The van der Waals surface area contributed by atoms with Gasteiger partial charge in [0, 0.05) is 29.2 Å². The van der Waals surface area contributed by atoms with Crippen LogP contribution in [0.25, 0.3) is 10.9 Å². The van der Waals surface area contributed by atoms with Crippen molar-refractivity contribution in [1.82, 2.24) is 10.4 Å². The molecule has 0 saturated carbocycles. The molecule has 7 heteroatoms. The number of nitrogens with one attached hydrogen (secondary N) is 2. The number of fused-ring (bicyclic) bond motifs is 1. The molecule has 0 radical (unpaired) electrons. The Kier molecular flexibility index (Phi) is 11.5. The molecule has 2 rings (SSSR count). The van der Waals surface area contributed by atoms with Crippen molar-refractivity contribution in [3.05, 3.63) is 30.0 Å². The number of benzene rings is 1. The average molecular weight is 349 g/mol. The van der Waals surface area contributed by atoms with Crippen molar-refractivity contribution in [3.63, 3.8) is 0 Å². The second-order valence-corrected chi connectivity index (χ2v) is 5.00. The minimum Gasteiger partial charge on any atom is -0.497 e. The van der Waals surface area contributed by atoms with Crippen LogP contribution in [-0.2, 0) is 0 Å². The van der Waals surface area contributed by atoms with Crippen LogP contribution in [-0.4, -0.2) is 36.3 Å². The molecule has 0 bridgehead atoms. The molecule has 1 aromatic heterocycles. The zero-order chi connectivity index (χ0) is 17.8. The summed E-state index contributed by atoms with van der Waals surface area (Å²) in [6.07, 6.45) is 6.99. The van der Waals surface area contributed by atoms with Crippen LogP contribution in [0.5, 0.6) is 5.75 Å². The highest BCUT2D eigenvalue weighted by molar-refractivity contribution is 5.99. The van der Waals surface area contributed by atoms with E-state index in [1.807, 2.05) is 38.2 Å². The number of methoxy groups -OCH3 is 1. The van der Waals surface area contributed by atoms with E-state index >= 15 is 0 Å². The fourth-order valence-electron chi connectivity index (χ4n) is 2.12. The Balaban J connectivity index is 0.00000185. The second-order valence-electron chi connectivity index (χ2n) is 5.00. The fraction of sp³-hybridized carbons (Fsp3) is 0.444. The normalized spacial score (nSPS) is 11.0. The number of rotatable bonds is 7. The van der Waals surface area contributed by atoms with E-state index in [1.54, 1.807) is 13.3 Å². The third-order valence-corrected chi connectivity index (χ3v) is 3.35. The van der Waals surface area contributed by atoms with Gasteiger partial charge in [0.05, 0.1) is 13.3 Å². The number of aliphatic imine (C=N–C) groups is 1. The monoisotopic (exact) mass is 349 g/mol. The Bertz CT molecular complexity index is 665. The first-order valence-corrected chi connectivity index (χ1v) is 8.48. The van der Waals surface area contributed by atoms with Gasteiger partial charge in [-0.3, -0.25) is 4.99 Å². The van der Waals surface area contributed by atoms with Crippen LogP contribution in [0, 0.1) is 0 Å². The van der Waals surface area contributed by atoms with Crippen molar-refractivity contribution < 1.29 is 10.2 Å². The van der Waals surface area contributed by atoms with E-state index in [-0.39, 0.29) is 5.48 Å². The second kappa shape index (κ2) is 12.8. The highest BCUT2D eigenvalue weighted by Gasteiger charge is 2.03. The summed E-state index contributed by atoms with van der Waals surface area (Å²) in [6.45, 7) is 6.89. The van der Waals surface area contributed by atoms with Crippen LogP contribution in [0.1, 0.15) is 45.6 Å². The summed E-state index contributed by atoms with van der Waals surface area (Å²) in [5.41, 5.74) is 10.5. The van der Waals surface area contributed by atoms with E-state index in [4.69, 9.17) is 10.5 Å². The molecular formula is C18H31N5O2. The van der Waals surface area contributed by atoms with Gasteiger partial charge >= 0.3 is 0 Å². The van der Waals surface area contributed by atoms with Crippen molar-refractivity contribution in [1.29, 1.82) is 0 Å². The number of nitrogens with two attached hydrogens (primary N) is 1. The van der Waals surface area contributed by atoms with Crippen molar-refractivity contribution in [3.8, 4) is 5.75 Å². The summed E-state index contributed by atoms with van der Waals surface area (Å²) < 4.78 is 5.24. The van der Waals surface area contributed by atoms with Crippen LogP contribution in [0.15, 0.2) is 34.5 Å². The number of aromatic amines is 1. The van der Waals surface area contributed by atoms with E-state index in [0.717, 1.165) is 41.6 Å². The Morgan fingerprint density at radius 2 is 2.08 bits per heavy atom. The SMILES string of the molecule is CC.CCCCCN=C(N)N/N=C/c1c[nH]c2ccc(OC)cc12.O. The largest absolute Gasteiger partial charge is 0.497 e. The van der Waals surface area contributed by atoms with Crippen LogP contribution in [0.2, 0.25) is 0 Å². The maximum atomic E-state index is 5.75. The van der Waals surface area contributed by atoms with E-state index in [1.165, 1.54) is 6.42 Å². The number of hydrogen-bond donors (Lipinski definition) is 3. The third kappa shape index (κ3) is 7.26. The molecule has 0 aliphatic heterocycles. The zero-order valence-electron chi connectivity index (χ0n) is 15.6. The molecule has 0 aliphatic rings. The Morgan fingerprint density at radius 3 is 2.76 bits per heavy atom. The average Bonchev–Trinajstić information content (AvgIpc) is 3.03. The molecule has 0 atom stereocenters. The van der Waals surface area contributed by atoms with Crippen LogP contribution in [0.3, 0.4) is 0 Å². The predicted molar refractivity (Wildman–Crippen MR) is 107 cm³/mol. The first-order chi connectivity index (χ1) is 11.7. The summed E-state index contributed by atoms with van der Waals surface area (Å²) in [5, 5.41) is 5.17. The van der Waals surface area contributed by atoms with Crippen molar-refractivity contribution in [2.45, 2.75) is 40.0 Å². The summed E-state index contributed by atoms with van der Waals surface area (Å²) >= 11 is 0. The molecule has 6 N–H and O–H groups in total. The lowest BCUT2D eigenvalue weighted by Gasteiger charge is -2.00. The molecule has 0 saturated heterocycles. The standard InChI is InChI=1S/C16H23N5O.C2H6.H2O/c1-3-4-5-8-18-16(17)21-20-11-12-10-19-15-7-6-13(22-2)9-14(12)15;1-2;/h6-7,9-11,19H,3-5,8H2,1-2H3,(H3,17,18,21);1-2H3;1H2/b20-11+;;. The number of H-pyrrole nitrogens is 1. The maximum absolute atomic E-state index is 5.75. The van der Waals surface area contributed by atoms with Crippen LogP contribution < -0.4 is 15.9 Å². The fourth-order valence-corrected chi connectivity index (χ4v) is 2.12. The summed E-state index contributed by atoms with van der Waals surface area (Å²) in [7, 11) is 1.65. The highest BCUT2D eigenvalue weighted by Crippen LogP contribution is 2.22.